The Morgan fingerprint density at radius 2 is 2.27 bits per heavy atom. The number of halogens is 1. The van der Waals surface area contributed by atoms with Gasteiger partial charge in [0.1, 0.15) is 4.21 Å². The second kappa shape index (κ2) is 4.62. The van der Waals surface area contributed by atoms with Gasteiger partial charge in [0.2, 0.25) is 0 Å². The first kappa shape index (κ1) is 12.7. The summed E-state index contributed by atoms with van der Waals surface area (Å²) in [6.45, 7) is 1.72. The summed E-state index contributed by atoms with van der Waals surface area (Å²) in [5, 5.41) is -0.155. The fraction of sp³-hybridized carbons (Fsp3) is 0.167. The summed E-state index contributed by atoms with van der Waals surface area (Å²) in [4.78, 5) is 2.02. The van der Waals surface area contributed by atoms with Gasteiger partial charge < -0.3 is 5.73 Å². The first-order valence-corrected chi connectivity index (χ1v) is 6.74. The number of nitrogens with one attached hydrogen (secondary N) is 2. The highest BCUT2D eigenvalue weighted by Gasteiger charge is 2.18. The van der Waals surface area contributed by atoms with Crippen molar-refractivity contribution >= 4 is 50.3 Å². The average Bonchev–Trinajstić information content (AvgIpc) is 2.45. The Labute approximate surface area is 102 Å². The van der Waals surface area contributed by atoms with Gasteiger partial charge in [-0.25, -0.2) is 8.42 Å². The molecule has 1 aromatic rings. The van der Waals surface area contributed by atoms with E-state index in [0.717, 1.165) is 11.3 Å². The zero-order valence-corrected chi connectivity index (χ0v) is 10.8. The van der Waals surface area contributed by atoms with Crippen molar-refractivity contribution in [2.45, 2.75) is 11.1 Å². The number of hydrogen-bond donors (Lipinski definition) is 3. The Morgan fingerprint density at radius 3 is 2.67 bits per heavy atom. The van der Waals surface area contributed by atoms with E-state index < -0.39 is 10.0 Å². The lowest BCUT2D eigenvalue weighted by Crippen LogP contribution is -2.43. The van der Waals surface area contributed by atoms with Crippen LogP contribution in [0, 0.1) is 6.92 Å². The van der Waals surface area contributed by atoms with Gasteiger partial charge in [-0.3, -0.25) is 5.43 Å². The van der Waals surface area contributed by atoms with Gasteiger partial charge in [-0.15, -0.1) is 16.2 Å². The van der Waals surface area contributed by atoms with Crippen molar-refractivity contribution < 1.29 is 8.42 Å². The summed E-state index contributed by atoms with van der Waals surface area (Å²) in [5.74, 6) is 0. The molecular weight excluding hydrogens is 278 g/mol. The molecule has 0 atom stereocenters. The number of rotatable bonds is 3. The molecule has 1 rings (SSSR count). The van der Waals surface area contributed by atoms with Crippen LogP contribution in [0.3, 0.4) is 0 Å². The predicted octanol–water partition coefficient (Wildman–Crippen LogP) is 0.736. The Balaban J connectivity index is 2.91. The standard InChI is InChI=1S/C6H8ClN3O2S3/c1-3-2-4(14-5(3)7)15(11,12)10-9-6(8)13/h2,10H,1H3,(H3,8,9,13). The molecule has 0 amide bonds. The third kappa shape index (κ3) is 3.28. The van der Waals surface area contributed by atoms with E-state index >= 15 is 0 Å². The molecule has 9 heteroatoms. The molecule has 0 radical (unpaired) electrons. The molecule has 0 saturated heterocycles. The lowest BCUT2D eigenvalue weighted by atomic mass is 10.4. The lowest BCUT2D eigenvalue weighted by Gasteiger charge is -2.04. The highest BCUT2D eigenvalue weighted by molar-refractivity contribution is 7.91. The number of aryl methyl sites for hydroxylation is 1. The summed E-state index contributed by atoms with van der Waals surface area (Å²) in [6, 6.07) is 1.47. The van der Waals surface area contributed by atoms with Gasteiger partial charge in [0.15, 0.2) is 5.11 Å². The first-order valence-electron chi connectivity index (χ1n) is 3.66. The van der Waals surface area contributed by atoms with Gasteiger partial charge in [0.05, 0.1) is 4.34 Å². The molecule has 0 spiro atoms. The second-order valence-electron chi connectivity index (χ2n) is 2.62. The molecule has 84 valence electrons. The molecule has 1 heterocycles. The van der Waals surface area contributed by atoms with Crippen LogP contribution in [0.5, 0.6) is 0 Å². The van der Waals surface area contributed by atoms with E-state index in [1.165, 1.54) is 6.07 Å². The molecule has 0 unspecified atom stereocenters. The zero-order valence-electron chi connectivity index (χ0n) is 7.57. The van der Waals surface area contributed by atoms with Crippen LogP contribution < -0.4 is 16.0 Å². The van der Waals surface area contributed by atoms with Crippen LogP contribution in [-0.4, -0.2) is 13.5 Å². The third-order valence-electron chi connectivity index (χ3n) is 1.41. The van der Waals surface area contributed by atoms with E-state index in [0.29, 0.717) is 9.90 Å². The predicted molar refractivity (Wildman–Crippen MR) is 64.3 cm³/mol. The minimum Gasteiger partial charge on any atom is -0.375 e. The monoisotopic (exact) mass is 285 g/mol. The molecule has 0 aliphatic rings. The number of thiocarbonyl (C=S) groups is 1. The second-order valence-corrected chi connectivity index (χ2v) is 6.62. The maximum absolute atomic E-state index is 11.6. The Kier molecular flexibility index (Phi) is 3.90. The van der Waals surface area contributed by atoms with Crippen molar-refractivity contribution in [1.29, 1.82) is 0 Å². The third-order valence-corrected chi connectivity index (χ3v) is 4.79. The van der Waals surface area contributed by atoms with Crippen LogP contribution in [-0.2, 0) is 10.0 Å². The van der Waals surface area contributed by atoms with Crippen LogP contribution >= 0.6 is 35.2 Å². The topological polar surface area (TPSA) is 84.2 Å². The molecule has 0 saturated carbocycles. The Bertz CT molecular complexity index is 462. The largest absolute Gasteiger partial charge is 0.375 e. The summed E-state index contributed by atoms with van der Waals surface area (Å²) in [6.07, 6.45) is 0. The van der Waals surface area contributed by atoms with Gasteiger partial charge in [-0.2, -0.15) is 0 Å². The summed E-state index contributed by atoms with van der Waals surface area (Å²) >= 11 is 11.2. The van der Waals surface area contributed by atoms with E-state index in [2.05, 4.69) is 17.6 Å². The molecule has 0 aliphatic heterocycles. The lowest BCUT2D eigenvalue weighted by molar-refractivity contribution is 0.579. The highest BCUT2D eigenvalue weighted by Crippen LogP contribution is 2.29. The maximum atomic E-state index is 11.6. The molecule has 0 aromatic carbocycles. The SMILES string of the molecule is Cc1cc(S(=O)(=O)NNC(N)=S)sc1Cl. The van der Waals surface area contributed by atoms with Crippen molar-refractivity contribution in [3.05, 3.63) is 16.0 Å². The molecular formula is C6H8ClN3O2S3. The van der Waals surface area contributed by atoms with Crippen LogP contribution in [0.1, 0.15) is 5.56 Å². The van der Waals surface area contributed by atoms with Gasteiger partial charge in [0, 0.05) is 0 Å². The van der Waals surface area contributed by atoms with Crippen molar-refractivity contribution in [3.8, 4) is 0 Å². The first-order chi connectivity index (χ1) is 6.83. The molecule has 0 fully saturated rings. The minimum atomic E-state index is -3.65. The normalized spacial score (nSPS) is 11.3. The average molecular weight is 286 g/mol. The number of sulfonamides is 1. The van der Waals surface area contributed by atoms with Gasteiger partial charge >= 0.3 is 0 Å². The molecule has 5 nitrogen and oxygen atoms in total. The summed E-state index contributed by atoms with van der Waals surface area (Å²) < 4.78 is 23.7. The fourth-order valence-corrected chi connectivity index (χ4v) is 3.41. The number of hydrogen-bond acceptors (Lipinski definition) is 4. The molecule has 0 aliphatic carbocycles. The quantitative estimate of drug-likeness (QED) is 0.563. The van der Waals surface area contributed by atoms with Crippen molar-refractivity contribution in [3.63, 3.8) is 0 Å². The summed E-state index contributed by atoms with van der Waals surface area (Å²) in [5.41, 5.74) is 7.94. The van der Waals surface area contributed by atoms with E-state index in [1.54, 1.807) is 6.92 Å². The smallest absolute Gasteiger partial charge is 0.266 e. The van der Waals surface area contributed by atoms with Crippen LogP contribution in [0.4, 0.5) is 0 Å². The van der Waals surface area contributed by atoms with Crippen molar-refractivity contribution in [2.75, 3.05) is 0 Å². The van der Waals surface area contributed by atoms with E-state index in [4.69, 9.17) is 17.3 Å². The van der Waals surface area contributed by atoms with Gasteiger partial charge in [-0.1, -0.05) is 11.6 Å². The molecule has 1 aromatic heterocycles. The number of thiophene rings is 1. The Hall–Kier alpha value is -0.410. The molecule has 15 heavy (non-hydrogen) atoms. The number of nitrogens with two attached hydrogens (primary N) is 1. The summed E-state index contributed by atoms with van der Waals surface area (Å²) in [7, 11) is -3.65. The minimum absolute atomic E-state index is 0.105. The van der Waals surface area contributed by atoms with Crippen LogP contribution in [0.25, 0.3) is 0 Å². The van der Waals surface area contributed by atoms with E-state index in [1.807, 2.05) is 4.83 Å². The fourth-order valence-electron chi connectivity index (χ4n) is 0.732. The van der Waals surface area contributed by atoms with Crippen LogP contribution in [0.2, 0.25) is 4.34 Å². The Morgan fingerprint density at radius 1 is 1.67 bits per heavy atom. The van der Waals surface area contributed by atoms with E-state index in [-0.39, 0.29) is 9.32 Å². The zero-order chi connectivity index (χ0) is 11.6. The van der Waals surface area contributed by atoms with Crippen LogP contribution in [0.15, 0.2) is 10.3 Å². The van der Waals surface area contributed by atoms with Crippen molar-refractivity contribution in [1.82, 2.24) is 10.3 Å². The van der Waals surface area contributed by atoms with E-state index in [9.17, 15) is 8.42 Å². The van der Waals surface area contributed by atoms with Gasteiger partial charge in [0.25, 0.3) is 10.0 Å². The number of hydrazine groups is 1. The molecule has 0 bridgehead atoms. The molecule has 4 N–H and O–H groups in total. The maximum Gasteiger partial charge on any atom is 0.266 e. The highest BCUT2D eigenvalue weighted by atomic mass is 35.5. The van der Waals surface area contributed by atoms with Crippen molar-refractivity contribution in [2.24, 2.45) is 5.73 Å². The van der Waals surface area contributed by atoms with Gasteiger partial charge in [-0.05, 0) is 30.8 Å².